The second-order valence-electron chi connectivity index (χ2n) is 7.51. The van der Waals surface area contributed by atoms with Crippen molar-refractivity contribution in [2.75, 3.05) is 52.4 Å². The Morgan fingerprint density at radius 1 is 1.05 bits per heavy atom. The normalized spacial score (nSPS) is 31.5. The van der Waals surface area contributed by atoms with E-state index in [0.29, 0.717) is 5.91 Å². The molecule has 3 aliphatic rings. The van der Waals surface area contributed by atoms with Crippen molar-refractivity contribution in [2.24, 2.45) is 11.3 Å². The van der Waals surface area contributed by atoms with Gasteiger partial charge in [-0.25, -0.2) is 0 Å². The first-order chi connectivity index (χ1) is 10.1. The fourth-order valence-corrected chi connectivity index (χ4v) is 4.06. The fraction of sp³-hybridized carbons (Fsp3) is 0.938. The van der Waals surface area contributed by atoms with Gasteiger partial charge in [0.25, 0.3) is 0 Å². The van der Waals surface area contributed by atoms with Crippen molar-refractivity contribution < 1.29 is 4.79 Å². The molecule has 1 amide bonds. The number of rotatable bonds is 2. The lowest BCUT2D eigenvalue weighted by molar-refractivity contribution is -0.139. The SMILES string of the molecule is CC1(C)CNC[C@@H]1C(=O)N1CCN(C2CCNCC2)CC1. The van der Waals surface area contributed by atoms with Crippen molar-refractivity contribution in [3.8, 4) is 0 Å². The molecular formula is C16H30N4O. The Balaban J connectivity index is 1.52. The van der Waals surface area contributed by atoms with Crippen LogP contribution in [0.1, 0.15) is 26.7 Å². The summed E-state index contributed by atoms with van der Waals surface area (Å²) in [6.07, 6.45) is 2.51. The molecule has 0 aromatic rings. The second-order valence-corrected chi connectivity index (χ2v) is 7.51. The zero-order chi connectivity index (χ0) is 14.9. The van der Waals surface area contributed by atoms with Crippen LogP contribution in [0.3, 0.4) is 0 Å². The number of nitrogens with zero attached hydrogens (tertiary/aromatic N) is 2. The number of piperidine rings is 1. The van der Waals surface area contributed by atoms with Crippen molar-refractivity contribution in [1.29, 1.82) is 0 Å². The average molecular weight is 294 g/mol. The standard InChI is InChI=1S/C16H30N4O/c1-16(2)12-18-11-14(16)15(21)20-9-7-19(8-10-20)13-3-5-17-6-4-13/h13-14,17-18H,3-12H2,1-2H3/t14-/m1/s1. The van der Waals surface area contributed by atoms with Gasteiger partial charge in [-0.15, -0.1) is 0 Å². The molecule has 2 N–H and O–H groups in total. The highest BCUT2D eigenvalue weighted by Gasteiger charge is 2.42. The maximum atomic E-state index is 12.8. The summed E-state index contributed by atoms with van der Waals surface area (Å²) >= 11 is 0. The summed E-state index contributed by atoms with van der Waals surface area (Å²) in [5.41, 5.74) is 0.100. The molecule has 5 nitrogen and oxygen atoms in total. The summed E-state index contributed by atoms with van der Waals surface area (Å²) in [7, 11) is 0. The Morgan fingerprint density at radius 2 is 1.71 bits per heavy atom. The van der Waals surface area contributed by atoms with Crippen LogP contribution in [0.15, 0.2) is 0 Å². The zero-order valence-electron chi connectivity index (χ0n) is 13.5. The number of hydrogen-bond donors (Lipinski definition) is 2. The van der Waals surface area contributed by atoms with E-state index in [1.165, 1.54) is 12.8 Å². The van der Waals surface area contributed by atoms with Crippen molar-refractivity contribution in [1.82, 2.24) is 20.4 Å². The molecule has 1 atom stereocenters. The summed E-state index contributed by atoms with van der Waals surface area (Å²) < 4.78 is 0. The second kappa shape index (κ2) is 6.23. The van der Waals surface area contributed by atoms with E-state index in [2.05, 4.69) is 34.3 Å². The van der Waals surface area contributed by atoms with Crippen LogP contribution in [-0.2, 0) is 4.79 Å². The number of amides is 1. The van der Waals surface area contributed by atoms with Gasteiger partial charge in [0.15, 0.2) is 0 Å². The fourth-order valence-electron chi connectivity index (χ4n) is 4.06. The molecule has 0 saturated carbocycles. The number of piperazine rings is 1. The summed E-state index contributed by atoms with van der Waals surface area (Å²) in [5.74, 6) is 0.526. The van der Waals surface area contributed by atoms with E-state index < -0.39 is 0 Å². The minimum absolute atomic E-state index is 0.100. The van der Waals surface area contributed by atoms with E-state index >= 15 is 0 Å². The largest absolute Gasteiger partial charge is 0.340 e. The van der Waals surface area contributed by atoms with Crippen molar-refractivity contribution in [3.05, 3.63) is 0 Å². The topological polar surface area (TPSA) is 47.6 Å². The molecule has 3 rings (SSSR count). The minimum Gasteiger partial charge on any atom is -0.340 e. The molecule has 0 radical (unpaired) electrons. The predicted molar refractivity (Wildman–Crippen MR) is 84.2 cm³/mol. The first-order valence-electron chi connectivity index (χ1n) is 8.52. The lowest BCUT2D eigenvalue weighted by Gasteiger charge is -2.42. The quantitative estimate of drug-likeness (QED) is 0.760. The minimum atomic E-state index is 0.100. The number of carbonyl (C=O) groups is 1. The van der Waals surface area contributed by atoms with Crippen LogP contribution in [0, 0.1) is 11.3 Å². The first kappa shape index (κ1) is 15.3. The van der Waals surface area contributed by atoms with Gasteiger partial charge in [0.1, 0.15) is 0 Å². The molecule has 0 unspecified atom stereocenters. The predicted octanol–water partition coefficient (Wildman–Crippen LogP) is 0.128. The monoisotopic (exact) mass is 294 g/mol. The van der Waals surface area contributed by atoms with Gasteiger partial charge in [-0.1, -0.05) is 13.8 Å². The van der Waals surface area contributed by atoms with E-state index in [-0.39, 0.29) is 11.3 Å². The van der Waals surface area contributed by atoms with E-state index in [9.17, 15) is 4.79 Å². The van der Waals surface area contributed by atoms with E-state index in [1.807, 2.05) is 0 Å². The Bertz CT molecular complexity index is 370. The molecule has 3 saturated heterocycles. The van der Waals surface area contributed by atoms with Gasteiger partial charge in [0.05, 0.1) is 5.92 Å². The van der Waals surface area contributed by atoms with Crippen molar-refractivity contribution in [2.45, 2.75) is 32.7 Å². The summed E-state index contributed by atoms with van der Waals surface area (Å²) in [6.45, 7) is 12.4. The van der Waals surface area contributed by atoms with E-state index in [4.69, 9.17) is 0 Å². The Morgan fingerprint density at radius 3 is 2.29 bits per heavy atom. The number of nitrogens with one attached hydrogen (secondary N) is 2. The molecule has 21 heavy (non-hydrogen) atoms. The van der Waals surface area contributed by atoms with Crippen LogP contribution in [-0.4, -0.2) is 74.1 Å². The highest BCUT2D eigenvalue weighted by atomic mass is 16.2. The maximum absolute atomic E-state index is 12.8. The Kier molecular flexibility index (Phi) is 4.52. The molecule has 5 heteroatoms. The van der Waals surface area contributed by atoms with Gasteiger partial charge in [-0.05, 0) is 31.3 Å². The Hall–Kier alpha value is -0.650. The van der Waals surface area contributed by atoms with Gasteiger partial charge in [-0.2, -0.15) is 0 Å². The molecule has 3 fully saturated rings. The van der Waals surface area contributed by atoms with E-state index in [0.717, 1.165) is 58.4 Å². The smallest absolute Gasteiger partial charge is 0.227 e. The highest BCUT2D eigenvalue weighted by Crippen LogP contribution is 2.32. The van der Waals surface area contributed by atoms with Crippen molar-refractivity contribution >= 4 is 5.91 Å². The highest BCUT2D eigenvalue weighted by molar-refractivity contribution is 5.80. The molecule has 0 aliphatic carbocycles. The molecule has 120 valence electrons. The lowest BCUT2D eigenvalue weighted by atomic mass is 9.81. The molecule has 0 spiro atoms. The first-order valence-corrected chi connectivity index (χ1v) is 8.52. The van der Waals surface area contributed by atoms with Gasteiger partial charge in [-0.3, -0.25) is 9.69 Å². The average Bonchev–Trinajstić information content (AvgIpc) is 2.87. The number of carbonyl (C=O) groups excluding carboxylic acids is 1. The summed E-state index contributed by atoms with van der Waals surface area (Å²) in [4.78, 5) is 17.5. The van der Waals surface area contributed by atoms with E-state index in [1.54, 1.807) is 0 Å². The van der Waals surface area contributed by atoms with Gasteiger partial charge in [0.2, 0.25) is 5.91 Å². The summed E-state index contributed by atoms with van der Waals surface area (Å²) in [5, 5.41) is 6.81. The zero-order valence-corrected chi connectivity index (χ0v) is 13.5. The molecule has 0 aromatic carbocycles. The van der Waals surface area contributed by atoms with Gasteiger partial charge >= 0.3 is 0 Å². The Labute approximate surface area is 128 Å². The van der Waals surface area contributed by atoms with Crippen LogP contribution in [0.5, 0.6) is 0 Å². The third-order valence-electron chi connectivity index (χ3n) is 5.62. The van der Waals surface area contributed by atoms with Gasteiger partial charge < -0.3 is 15.5 Å². The molecular weight excluding hydrogens is 264 g/mol. The third kappa shape index (κ3) is 3.25. The number of hydrogen-bond acceptors (Lipinski definition) is 4. The molecule has 0 bridgehead atoms. The van der Waals surface area contributed by atoms with Crippen LogP contribution in [0.2, 0.25) is 0 Å². The van der Waals surface area contributed by atoms with Crippen LogP contribution in [0.25, 0.3) is 0 Å². The molecule has 3 aliphatic heterocycles. The van der Waals surface area contributed by atoms with Crippen LogP contribution < -0.4 is 10.6 Å². The third-order valence-corrected chi connectivity index (χ3v) is 5.62. The van der Waals surface area contributed by atoms with Crippen LogP contribution >= 0.6 is 0 Å². The maximum Gasteiger partial charge on any atom is 0.227 e. The molecule has 0 aromatic heterocycles. The summed E-state index contributed by atoms with van der Waals surface area (Å²) in [6, 6.07) is 0.730. The molecule has 3 heterocycles. The lowest BCUT2D eigenvalue weighted by Crippen LogP contribution is -2.55. The van der Waals surface area contributed by atoms with Crippen molar-refractivity contribution in [3.63, 3.8) is 0 Å². The van der Waals surface area contributed by atoms with Gasteiger partial charge in [0, 0.05) is 45.3 Å². The van der Waals surface area contributed by atoms with Crippen LogP contribution in [0.4, 0.5) is 0 Å².